The summed E-state index contributed by atoms with van der Waals surface area (Å²) < 4.78 is 10.4. The molecule has 6 heteroatoms. The van der Waals surface area contributed by atoms with Crippen LogP contribution in [0.1, 0.15) is 16.1 Å². The first-order valence-electron chi connectivity index (χ1n) is 9.09. The molecule has 0 bridgehead atoms. The summed E-state index contributed by atoms with van der Waals surface area (Å²) in [5.41, 5.74) is 1.98. The maximum absolute atomic E-state index is 12.6. The van der Waals surface area contributed by atoms with E-state index in [-0.39, 0.29) is 5.56 Å². The van der Waals surface area contributed by atoms with E-state index in [1.165, 1.54) is 0 Å². The van der Waals surface area contributed by atoms with E-state index >= 15 is 0 Å². The third-order valence-electron chi connectivity index (χ3n) is 4.48. The zero-order valence-electron chi connectivity index (χ0n) is 15.7. The monoisotopic (exact) mass is 386 g/mol. The summed E-state index contributed by atoms with van der Waals surface area (Å²) in [4.78, 5) is 24.8. The first-order chi connectivity index (χ1) is 14.1. The van der Waals surface area contributed by atoms with Crippen molar-refractivity contribution in [3.05, 3.63) is 84.1 Å². The van der Waals surface area contributed by atoms with Gasteiger partial charge in [-0.3, -0.25) is 4.79 Å². The summed E-state index contributed by atoms with van der Waals surface area (Å²) in [5.74, 6) is -0.746. The lowest BCUT2D eigenvalue weighted by atomic mass is 10.1. The Morgan fingerprint density at radius 2 is 1.69 bits per heavy atom. The Hall–Kier alpha value is -3.93. The molecule has 0 spiro atoms. The molecule has 0 unspecified atom stereocenters. The van der Waals surface area contributed by atoms with Gasteiger partial charge in [0, 0.05) is 11.3 Å². The van der Waals surface area contributed by atoms with Crippen molar-refractivity contribution in [3.63, 3.8) is 0 Å². The number of carbonyl (C=O) groups is 2. The van der Waals surface area contributed by atoms with Crippen LogP contribution in [0.4, 0.5) is 5.69 Å². The van der Waals surface area contributed by atoms with Gasteiger partial charge < -0.3 is 14.6 Å². The van der Waals surface area contributed by atoms with Gasteiger partial charge in [-0.25, -0.2) is 4.79 Å². The molecule has 3 aromatic carbocycles. The standard InChI is InChI=1S/C23H18N2O4/c1-15-21(22(25-29-15)17-8-3-2-4-9-17)23(27)28-14-20(26)24-19-12-11-16-7-5-6-10-18(16)13-19/h2-13H,14H2,1H3,(H,24,26). The van der Waals surface area contributed by atoms with Crippen LogP contribution in [-0.4, -0.2) is 23.6 Å². The molecule has 6 nitrogen and oxygen atoms in total. The Kier molecular flexibility index (Phi) is 5.07. The fourth-order valence-electron chi connectivity index (χ4n) is 3.07. The van der Waals surface area contributed by atoms with Crippen LogP contribution in [0.15, 0.2) is 77.3 Å². The summed E-state index contributed by atoms with van der Waals surface area (Å²) in [5, 5.41) is 8.78. The number of hydrogen-bond acceptors (Lipinski definition) is 5. The molecule has 29 heavy (non-hydrogen) atoms. The average Bonchev–Trinajstić information content (AvgIpc) is 3.14. The van der Waals surface area contributed by atoms with Gasteiger partial charge in [-0.1, -0.05) is 65.8 Å². The second-order valence-corrected chi connectivity index (χ2v) is 6.51. The molecule has 4 aromatic rings. The molecule has 0 radical (unpaired) electrons. The third-order valence-corrected chi connectivity index (χ3v) is 4.48. The Balaban J connectivity index is 1.43. The number of anilines is 1. The van der Waals surface area contributed by atoms with Crippen molar-refractivity contribution >= 4 is 28.3 Å². The lowest BCUT2D eigenvalue weighted by Crippen LogP contribution is -2.21. The first kappa shape index (κ1) is 18.4. The maximum atomic E-state index is 12.6. The molecule has 0 saturated heterocycles. The Bertz CT molecular complexity index is 1180. The number of nitrogens with zero attached hydrogens (tertiary/aromatic N) is 1. The number of aryl methyl sites for hydroxylation is 1. The molecule has 1 aromatic heterocycles. The molecule has 0 aliphatic carbocycles. The van der Waals surface area contributed by atoms with E-state index in [9.17, 15) is 9.59 Å². The quantitative estimate of drug-likeness (QED) is 0.507. The van der Waals surface area contributed by atoms with E-state index in [1.807, 2.05) is 66.7 Å². The van der Waals surface area contributed by atoms with Gasteiger partial charge >= 0.3 is 5.97 Å². The SMILES string of the molecule is Cc1onc(-c2ccccc2)c1C(=O)OCC(=O)Nc1ccc2ccccc2c1. The van der Waals surface area contributed by atoms with Crippen molar-refractivity contribution in [2.45, 2.75) is 6.92 Å². The van der Waals surface area contributed by atoms with Gasteiger partial charge in [0.05, 0.1) is 0 Å². The van der Waals surface area contributed by atoms with Gasteiger partial charge in [0.15, 0.2) is 6.61 Å². The van der Waals surface area contributed by atoms with Crippen LogP contribution in [0.2, 0.25) is 0 Å². The van der Waals surface area contributed by atoms with Crippen molar-refractivity contribution in [2.24, 2.45) is 0 Å². The molecule has 1 amide bonds. The smallest absolute Gasteiger partial charge is 0.344 e. The normalized spacial score (nSPS) is 10.7. The van der Waals surface area contributed by atoms with Gasteiger partial charge in [0.1, 0.15) is 17.0 Å². The number of nitrogens with one attached hydrogen (secondary N) is 1. The first-order valence-corrected chi connectivity index (χ1v) is 9.09. The third kappa shape index (κ3) is 4.01. The van der Waals surface area contributed by atoms with E-state index in [2.05, 4.69) is 10.5 Å². The molecule has 0 atom stereocenters. The average molecular weight is 386 g/mol. The summed E-state index contributed by atoms with van der Waals surface area (Å²) >= 11 is 0. The van der Waals surface area contributed by atoms with E-state index in [4.69, 9.17) is 9.26 Å². The van der Waals surface area contributed by atoms with Crippen LogP contribution in [0.25, 0.3) is 22.0 Å². The Morgan fingerprint density at radius 3 is 2.48 bits per heavy atom. The fourth-order valence-corrected chi connectivity index (χ4v) is 3.07. The van der Waals surface area contributed by atoms with E-state index in [0.29, 0.717) is 17.1 Å². The minimum atomic E-state index is -0.656. The van der Waals surface area contributed by atoms with Crippen LogP contribution in [0.5, 0.6) is 0 Å². The Morgan fingerprint density at radius 1 is 0.966 bits per heavy atom. The molecule has 0 aliphatic rings. The van der Waals surface area contributed by atoms with E-state index < -0.39 is 18.5 Å². The zero-order valence-corrected chi connectivity index (χ0v) is 15.7. The van der Waals surface area contributed by atoms with Crippen molar-refractivity contribution < 1.29 is 18.8 Å². The number of esters is 1. The molecular weight excluding hydrogens is 368 g/mol. The molecular formula is C23H18N2O4. The molecule has 0 fully saturated rings. The van der Waals surface area contributed by atoms with Crippen LogP contribution in [0.3, 0.4) is 0 Å². The largest absolute Gasteiger partial charge is 0.452 e. The molecule has 0 saturated carbocycles. The van der Waals surface area contributed by atoms with Gasteiger partial charge in [-0.15, -0.1) is 0 Å². The summed E-state index contributed by atoms with van der Waals surface area (Å²) in [6.07, 6.45) is 0. The van der Waals surface area contributed by atoms with Crippen molar-refractivity contribution in [3.8, 4) is 11.3 Å². The number of carbonyl (C=O) groups excluding carboxylic acids is 2. The highest BCUT2D eigenvalue weighted by Crippen LogP contribution is 2.25. The maximum Gasteiger partial charge on any atom is 0.344 e. The number of aromatic nitrogens is 1. The molecule has 1 N–H and O–H groups in total. The number of fused-ring (bicyclic) bond motifs is 1. The lowest BCUT2D eigenvalue weighted by Gasteiger charge is -2.08. The molecule has 0 aliphatic heterocycles. The topological polar surface area (TPSA) is 81.4 Å². The fraction of sp³-hybridized carbons (Fsp3) is 0.0870. The second-order valence-electron chi connectivity index (χ2n) is 6.51. The van der Waals surface area contributed by atoms with Crippen LogP contribution in [-0.2, 0) is 9.53 Å². The second kappa shape index (κ2) is 7.98. The number of ether oxygens (including phenoxy) is 1. The number of benzene rings is 3. The minimum Gasteiger partial charge on any atom is -0.452 e. The number of amides is 1. The molecule has 1 heterocycles. The highest BCUT2D eigenvalue weighted by atomic mass is 16.5. The highest BCUT2D eigenvalue weighted by molar-refractivity contribution is 6.00. The van der Waals surface area contributed by atoms with Crippen LogP contribution in [0, 0.1) is 6.92 Å². The van der Waals surface area contributed by atoms with Crippen molar-refractivity contribution in [2.75, 3.05) is 11.9 Å². The summed E-state index contributed by atoms with van der Waals surface area (Å²) in [6.45, 7) is 1.22. The lowest BCUT2D eigenvalue weighted by molar-refractivity contribution is -0.119. The van der Waals surface area contributed by atoms with E-state index in [1.54, 1.807) is 13.0 Å². The van der Waals surface area contributed by atoms with Crippen molar-refractivity contribution in [1.82, 2.24) is 5.16 Å². The van der Waals surface area contributed by atoms with Gasteiger partial charge in [0.25, 0.3) is 5.91 Å². The summed E-state index contributed by atoms with van der Waals surface area (Å²) in [7, 11) is 0. The predicted molar refractivity (Wildman–Crippen MR) is 110 cm³/mol. The minimum absolute atomic E-state index is 0.217. The van der Waals surface area contributed by atoms with Gasteiger partial charge in [-0.2, -0.15) is 0 Å². The van der Waals surface area contributed by atoms with Crippen LogP contribution < -0.4 is 5.32 Å². The zero-order chi connectivity index (χ0) is 20.2. The van der Waals surface area contributed by atoms with Gasteiger partial charge in [0.2, 0.25) is 0 Å². The number of rotatable bonds is 5. The highest BCUT2D eigenvalue weighted by Gasteiger charge is 2.23. The number of hydrogen-bond donors (Lipinski definition) is 1. The van der Waals surface area contributed by atoms with Crippen LogP contribution >= 0.6 is 0 Å². The van der Waals surface area contributed by atoms with E-state index in [0.717, 1.165) is 16.3 Å². The predicted octanol–water partition coefficient (Wildman–Crippen LogP) is 4.60. The van der Waals surface area contributed by atoms with Crippen molar-refractivity contribution in [1.29, 1.82) is 0 Å². The van der Waals surface area contributed by atoms with Gasteiger partial charge in [-0.05, 0) is 29.8 Å². The molecule has 144 valence electrons. The summed E-state index contributed by atoms with van der Waals surface area (Å²) in [6, 6.07) is 22.6. The Labute approximate surface area is 167 Å². The molecule has 4 rings (SSSR count).